The molecular formula is C16H32O5Si. The quantitative estimate of drug-likeness (QED) is 0.265. The Labute approximate surface area is 136 Å². The number of carbonyl (C=O) groups excluding carboxylic acids is 2. The number of hydrogen-bond donors (Lipinski definition) is 0. The summed E-state index contributed by atoms with van der Waals surface area (Å²) in [5.74, 6) is -0.0776. The van der Waals surface area contributed by atoms with E-state index in [1.165, 1.54) is 0 Å². The molecule has 0 heterocycles. The molecule has 130 valence electrons. The molecule has 0 aromatic heterocycles. The van der Waals surface area contributed by atoms with Crippen LogP contribution < -0.4 is 0 Å². The fourth-order valence-electron chi connectivity index (χ4n) is 1.48. The van der Waals surface area contributed by atoms with E-state index in [4.69, 9.17) is 13.6 Å². The second-order valence-corrected chi connectivity index (χ2v) is 8.42. The second kappa shape index (κ2) is 13.7. The van der Waals surface area contributed by atoms with Crippen molar-refractivity contribution in [1.29, 1.82) is 0 Å². The second-order valence-electron chi connectivity index (χ2n) is 5.08. The Kier molecular flexibility index (Phi) is 14.5. The molecule has 0 aromatic carbocycles. The highest BCUT2D eigenvalue weighted by Gasteiger charge is 2.30. The van der Waals surface area contributed by atoms with Gasteiger partial charge in [-0.1, -0.05) is 13.5 Å². The van der Waals surface area contributed by atoms with Crippen LogP contribution in [0.5, 0.6) is 0 Å². The number of hydrogen-bond acceptors (Lipinski definition) is 5. The first-order chi connectivity index (χ1) is 10.2. The molecule has 0 unspecified atom stereocenters. The van der Waals surface area contributed by atoms with Crippen LogP contribution in [-0.2, 0) is 23.2 Å². The molecule has 0 N–H and O–H groups in total. The van der Waals surface area contributed by atoms with Crippen molar-refractivity contribution in [3.63, 3.8) is 0 Å². The smallest absolute Gasteiger partial charge is 0.335 e. The predicted molar refractivity (Wildman–Crippen MR) is 91.0 cm³/mol. The average molecular weight is 333 g/mol. The molecule has 0 aliphatic heterocycles. The molecule has 0 bridgehead atoms. The lowest BCUT2D eigenvalue weighted by Gasteiger charge is -2.25. The third kappa shape index (κ3) is 14.0. The van der Waals surface area contributed by atoms with E-state index in [2.05, 4.69) is 6.58 Å². The van der Waals surface area contributed by atoms with E-state index in [1.54, 1.807) is 13.8 Å². The highest BCUT2D eigenvalue weighted by atomic mass is 28.4. The van der Waals surface area contributed by atoms with Gasteiger partial charge in [-0.2, -0.15) is 0 Å². The van der Waals surface area contributed by atoms with Gasteiger partial charge in [-0.05, 0) is 46.7 Å². The Morgan fingerprint density at radius 3 is 1.82 bits per heavy atom. The van der Waals surface area contributed by atoms with Crippen molar-refractivity contribution in [3.05, 3.63) is 12.2 Å². The molecule has 0 radical (unpaired) electrons. The topological polar surface area (TPSA) is 61.8 Å². The Balaban J connectivity index is 0. The fourth-order valence-corrected chi connectivity index (χ4v) is 3.86. The highest BCUT2D eigenvalue weighted by molar-refractivity contribution is 6.66. The van der Waals surface area contributed by atoms with Gasteiger partial charge in [0.1, 0.15) is 5.78 Å². The molecule has 6 heteroatoms. The summed E-state index contributed by atoms with van der Waals surface area (Å²) in [4.78, 5) is 21.0. The van der Waals surface area contributed by atoms with Crippen molar-refractivity contribution in [2.45, 2.75) is 60.1 Å². The van der Waals surface area contributed by atoms with E-state index >= 15 is 0 Å². The number of rotatable bonds is 10. The van der Waals surface area contributed by atoms with Crippen LogP contribution in [0, 0.1) is 0 Å². The summed E-state index contributed by atoms with van der Waals surface area (Å²) >= 11 is 0. The van der Waals surface area contributed by atoms with Gasteiger partial charge < -0.3 is 18.4 Å². The van der Waals surface area contributed by atoms with Gasteiger partial charge >= 0.3 is 14.5 Å². The summed E-state index contributed by atoms with van der Waals surface area (Å²) in [6.07, 6.45) is 1.43. The third-order valence-corrected chi connectivity index (χ3v) is 5.81. The van der Waals surface area contributed by atoms with Crippen molar-refractivity contribution in [3.8, 4) is 0 Å². The van der Waals surface area contributed by atoms with E-state index in [1.807, 2.05) is 27.3 Å². The molecule has 5 nitrogen and oxygen atoms in total. The minimum Gasteiger partial charge on any atom is -0.462 e. The van der Waals surface area contributed by atoms with E-state index in [0.717, 1.165) is 12.5 Å². The summed E-state index contributed by atoms with van der Waals surface area (Å²) in [6, 6.07) is 0.831. The molecule has 0 saturated carbocycles. The first kappa shape index (κ1) is 23.3. The Bertz CT molecular complexity index is 335. The van der Waals surface area contributed by atoms with E-state index in [-0.39, 0.29) is 11.8 Å². The van der Waals surface area contributed by atoms with Gasteiger partial charge in [0, 0.05) is 25.2 Å². The SMILES string of the molecule is C=C(C)C(=O)OCCC[Si](C)(OCC)OCC.CCC(C)=O. The first-order valence-electron chi connectivity index (χ1n) is 7.82. The number of Topliss-reactive ketones (excluding diaryl/α,β-unsaturated/α-hetero) is 1. The van der Waals surface area contributed by atoms with E-state index in [0.29, 0.717) is 31.8 Å². The van der Waals surface area contributed by atoms with Gasteiger partial charge in [-0.3, -0.25) is 0 Å². The van der Waals surface area contributed by atoms with E-state index < -0.39 is 8.56 Å². The third-order valence-electron chi connectivity index (χ3n) is 2.75. The first-order valence-corrected chi connectivity index (χ1v) is 10.3. The maximum atomic E-state index is 11.1. The van der Waals surface area contributed by atoms with E-state index in [9.17, 15) is 9.59 Å². The summed E-state index contributed by atoms with van der Waals surface area (Å²) in [5, 5.41) is 0. The van der Waals surface area contributed by atoms with Crippen molar-refractivity contribution in [2.24, 2.45) is 0 Å². The zero-order chi connectivity index (χ0) is 17.6. The summed E-state index contributed by atoms with van der Waals surface area (Å²) in [7, 11) is -2.06. The van der Waals surface area contributed by atoms with Crippen LogP contribution in [0.1, 0.15) is 47.5 Å². The Morgan fingerprint density at radius 1 is 1.05 bits per heavy atom. The molecular weight excluding hydrogens is 300 g/mol. The number of ether oxygens (including phenoxy) is 1. The average Bonchev–Trinajstić information content (AvgIpc) is 2.44. The summed E-state index contributed by atoms with van der Waals surface area (Å²) < 4.78 is 16.4. The van der Waals surface area contributed by atoms with Crippen LogP contribution in [0.4, 0.5) is 0 Å². The number of esters is 1. The van der Waals surface area contributed by atoms with Crippen LogP contribution in [0.2, 0.25) is 12.6 Å². The normalized spacial score (nSPS) is 10.5. The van der Waals surface area contributed by atoms with Gasteiger partial charge in [0.05, 0.1) is 6.61 Å². The molecule has 0 aliphatic rings. The van der Waals surface area contributed by atoms with Gasteiger partial charge in [0.25, 0.3) is 0 Å². The standard InChI is InChI=1S/C12H24O4Si.C4H8O/c1-6-15-17(5,16-7-2)10-8-9-14-12(13)11(3)4;1-3-4(2)5/h3,6-10H2,1-2,4-5H3;3H2,1-2H3. The molecule has 0 aromatic rings. The lowest BCUT2D eigenvalue weighted by molar-refractivity contribution is -0.139. The van der Waals surface area contributed by atoms with Gasteiger partial charge in [0.2, 0.25) is 0 Å². The maximum Gasteiger partial charge on any atom is 0.335 e. The van der Waals surface area contributed by atoms with Crippen LogP contribution in [0.3, 0.4) is 0 Å². The minimum absolute atomic E-state index is 0.255. The van der Waals surface area contributed by atoms with Crippen molar-refractivity contribution < 1.29 is 23.2 Å². The summed E-state index contributed by atoms with van der Waals surface area (Å²) in [6.45, 7) is 16.3. The monoisotopic (exact) mass is 332 g/mol. The fraction of sp³-hybridized carbons (Fsp3) is 0.750. The van der Waals surface area contributed by atoms with Crippen molar-refractivity contribution in [2.75, 3.05) is 19.8 Å². The largest absolute Gasteiger partial charge is 0.462 e. The van der Waals surface area contributed by atoms with Crippen LogP contribution >= 0.6 is 0 Å². The molecule has 0 spiro atoms. The maximum absolute atomic E-state index is 11.1. The molecule has 0 amide bonds. The number of carbonyl (C=O) groups is 2. The number of ketones is 1. The molecule has 0 rings (SSSR count). The highest BCUT2D eigenvalue weighted by Crippen LogP contribution is 2.16. The minimum atomic E-state index is -2.06. The van der Waals surface area contributed by atoms with Gasteiger partial charge in [-0.15, -0.1) is 0 Å². The Hall–Kier alpha value is -0.983. The van der Waals surface area contributed by atoms with Crippen LogP contribution in [0.15, 0.2) is 12.2 Å². The molecule has 0 aliphatic carbocycles. The zero-order valence-corrected chi connectivity index (χ0v) is 16.0. The van der Waals surface area contributed by atoms with Gasteiger partial charge in [0.15, 0.2) is 0 Å². The predicted octanol–water partition coefficient (Wildman–Crippen LogP) is 3.63. The molecule has 22 heavy (non-hydrogen) atoms. The lowest BCUT2D eigenvalue weighted by atomic mass is 10.4. The van der Waals surface area contributed by atoms with Crippen molar-refractivity contribution in [1.82, 2.24) is 0 Å². The van der Waals surface area contributed by atoms with Crippen molar-refractivity contribution >= 4 is 20.3 Å². The van der Waals surface area contributed by atoms with Crippen LogP contribution in [0.25, 0.3) is 0 Å². The van der Waals surface area contributed by atoms with Gasteiger partial charge in [-0.25, -0.2) is 4.79 Å². The summed E-state index contributed by atoms with van der Waals surface area (Å²) in [5.41, 5.74) is 0.430. The molecule has 0 fully saturated rings. The van der Waals surface area contributed by atoms with Crippen LogP contribution in [-0.4, -0.2) is 40.1 Å². The Morgan fingerprint density at radius 2 is 1.50 bits per heavy atom. The molecule has 0 saturated heterocycles. The molecule has 0 atom stereocenters. The lowest BCUT2D eigenvalue weighted by Crippen LogP contribution is -2.38. The zero-order valence-electron chi connectivity index (χ0n) is 15.0.